The predicted octanol–water partition coefficient (Wildman–Crippen LogP) is 1.66. The Morgan fingerprint density at radius 1 is 1.31 bits per heavy atom. The van der Waals surface area contributed by atoms with Crippen LogP contribution in [0.2, 0.25) is 0 Å². The molecule has 1 rings (SSSR count). The predicted molar refractivity (Wildman–Crippen MR) is 52.3 cm³/mol. The van der Waals surface area contributed by atoms with Gasteiger partial charge in [0.2, 0.25) is 0 Å². The van der Waals surface area contributed by atoms with Crippen molar-refractivity contribution in [3.63, 3.8) is 0 Å². The first-order chi connectivity index (χ1) is 6.02. The van der Waals surface area contributed by atoms with Gasteiger partial charge >= 0.3 is 0 Å². The van der Waals surface area contributed by atoms with Crippen LogP contribution in [0, 0.1) is 5.92 Å². The van der Waals surface area contributed by atoms with Gasteiger partial charge in [0, 0.05) is 11.3 Å². The molecule has 4 N–H and O–H groups in total. The highest BCUT2D eigenvalue weighted by molar-refractivity contribution is 5.51. The molecule has 1 unspecified atom stereocenters. The van der Waals surface area contributed by atoms with Crippen LogP contribution in [0.4, 0.5) is 5.69 Å². The highest BCUT2D eigenvalue weighted by Crippen LogP contribution is 2.29. The van der Waals surface area contributed by atoms with Crippen LogP contribution < -0.4 is 5.73 Å². The SMILES string of the molecule is CC(C)C(O)c1cc(O)ccc1N. The monoisotopic (exact) mass is 181 g/mol. The van der Waals surface area contributed by atoms with Crippen molar-refractivity contribution in [1.29, 1.82) is 0 Å². The topological polar surface area (TPSA) is 66.5 Å². The largest absolute Gasteiger partial charge is 0.508 e. The first-order valence-corrected chi connectivity index (χ1v) is 4.29. The number of aliphatic hydroxyl groups excluding tert-OH is 1. The third-order valence-corrected chi connectivity index (χ3v) is 2.02. The van der Waals surface area contributed by atoms with Gasteiger partial charge in [-0.15, -0.1) is 0 Å². The summed E-state index contributed by atoms with van der Waals surface area (Å²) in [6.07, 6.45) is -0.618. The third kappa shape index (κ3) is 2.12. The number of phenolic OH excluding ortho intramolecular Hbond substituents is 1. The molecular formula is C10H15NO2. The van der Waals surface area contributed by atoms with E-state index in [9.17, 15) is 10.2 Å². The molecular weight excluding hydrogens is 166 g/mol. The minimum absolute atomic E-state index is 0.0871. The minimum Gasteiger partial charge on any atom is -0.508 e. The lowest BCUT2D eigenvalue weighted by molar-refractivity contribution is 0.127. The van der Waals surface area contributed by atoms with Crippen molar-refractivity contribution in [2.45, 2.75) is 20.0 Å². The van der Waals surface area contributed by atoms with Crippen LogP contribution in [0.3, 0.4) is 0 Å². The summed E-state index contributed by atoms with van der Waals surface area (Å²) in [5.74, 6) is 0.216. The molecule has 1 aromatic rings. The van der Waals surface area contributed by atoms with Crippen LogP contribution in [0.5, 0.6) is 5.75 Å². The zero-order valence-corrected chi connectivity index (χ0v) is 7.86. The van der Waals surface area contributed by atoms with Gasteiger partial charge in [0.05, 0.1) is 6.10 Å². The van der Waals surface area contributed by atoms with Gasteiger partial charge in [0.1, 0.15) is 5.75 Å². The second kappa shape index (κ2) is 3.66. The van der Waals surface area contributed by atoms with E-state index in [1.165, 1.54) is 12.1 Å². The number of anilines is 1. The third-order valence-electron chi connectivity index (χ3n) is 2.02. The molecule has 0 heterocycles. The van der Waals surface area contributed by atoms with E-state index in [1.54, 1.807) is 6.07 Å². The van der Waals surface area contributed by atoms with E-state index in [4.69, 9.17) is 5.73 Å². The molecule has 0 saturated carbocycles. The molecule has 0 bridgehead atoms. The number of aliphatic hydroxyl groups is 1. The van der Waals surface area contributed by atoms with Crippen LogP contribution in [-0.2, 0) is 0 Å². The number of benzene rings is 1. The van der Waals surface area contributed by atoms with Gasteiger partial charge in [-0.1, -0.05) is 13.8 Å². The maximum Gasteiger partial charge on any atom is 0.116 e. The molecule has 1 aromatic carbocycles. The van der Waals surface area contributed by atoms with E-state index in [0.717, 1.165) is 0 Å². The van der Waals surface area contributed by atoms with Crippen molar-refractivity contribution in [2.24, 2.45) is 5.92 Å². The summed E-state index contributed by atoms with van der Waals surface area (Å²) in [6.45, 7) is 3.79. The number of nitrogen functional groups attached to an aromatic ring is 1. The first kappa shape index (κ1) is 9.86. The van der Waals surface area contributed by atoms with E-state index in [0.29, 0.717) is 11.3 Å². The zero-order valence-electron chi connectivity index (χ0n) is 7.86. The highest BCUT2D eigenvalue weighted by atomic mass is 16.3. The van der Waals surface area contributed by atoms with Gasteiger partial charge in [-0.3, -0.25) is 0 Å². The second-order valence-electron chi connectivity index (χ2n) is 3.50. The average molecular weight is 181 g/mol. The molecule has 0 aliphatic carbocycles. The van der Waals surface area contributed by atoms with Crippen LogP contribution >= 0.6 is 0 Å². The molecule has 0 radical (unpaired) electrons. The fourth-order valence-electron chi connectivity index (χ4n) is 1.18. The summed E-state index contributed by atoms with van der Waals surface area (Å²) < 4.78 is 0. The molecule has 72 valence electrons. The quantitative estimate of drug-likeness (QED) is 0.480. The Morgan fingerprint density at radius 2 is 1.92 bits per heavy atom. The summed E-state index contributed by atoms with van der Waals surface area (Å²) >= 11 is 0. The minimum atomic E-state index is -0.618. The van der Waals surface area contributed by atoms with E-state index in [2.05, 4.69) is 0 Å². The van der Waals surface area contributed by atoms with Crippen molar-refractivity contribution in [1.82, 2.24) is 0 Å². The molecule has 0 aromatic heterocycles. The molecule has 1 atom stereocenters. The average Bonchev–Trinajstić information content (AvgIpc) is 2.08. The Bertz CT molecular complexity index is 297. The number of rotatable bonds is 2. The van der Waals surface area contributed by atoms with E-state index >= 15 is 0 Å². The summed E-state index contributed by atoms with van der Waals surface area (Å²) in [5.41, 5.74) is 6.76. The lowest BCUT2D eigenvalue weighted by atomic mass is 9.97. The molecule has 0 aliphatic heterocycles. The zero-order chi connectivity index (χ0) is 10.0. The molecule has 13 heavy (non-hydrogen) atoms. The van der Waals surface area contributed by atoms with Gasteiger partial charge in [-0.05, 0) is 24.1 Å². The van der Waals surface area contributed by atoms with Gasteiger partial charge in [-0.25, -0.2) is 0 Å². The fraction of sp³-hybridized carbons (Fsp3) is 0.400. The lowest BCUT2D eigenvalue weighted by Crippen LogP contribution is -2.08. The van der Waals surface area contributed by atoms with Crippen LogP contribution in [0.15, 0.2) is 18.2 Å². The highest BCUT2D eigenvalue weighted by Gasteiger charge is 2.15. The Kier molecular flexibility index (Phi) is 2.78. The smallest absolute Gasteiger partial charge is 0.116 e. The molecule has 0 amide bonds. The standard InChI is InChI=1S/C10H15NO2/c1-6(2)10(13)8-5-7(12)3-4-9(8)11/h3-6,10,12-13H,11H2,1-2H3. The van der Waals surface area contributed by atoms with Gasteiger partial charge in [0.15, 0.2) is 0 Å². The number of aromatic hydroxyl groups is 1. The van der Waals surface area contributed by atoms with Crippen LogP contribution in [0.1, 0.15) is 25.5 Å². The van der Waals surface area contributed by atoms with Crippen LogP contribution in [0.25, 0.3) is 0 Å². The van der Waals surface area contributed by atoms with E-state index in [1.807, 2.05) is 13.8 Å². The summed E-state index contributed by atoms with van der Waals surface area (Å²) in [6, 6.07) is 4.60. The Labute approximate surface area is 77.8 Å². The van der Waals surface area contributed by atoms with Crippen molar-refractivity contribution in [2.75, 3.05) is 5.73 Å². The number of nitrogens with two attached hydrogens (primary N) is 1. The Hall–Kier alpha value is -1.22. The number of phenols is 1. The lowest BCUT2D eigenvalue weighted by Gasteiger charge is -2.16. The molecule has 3 heteroatoms. The van der Waals surface area contributed by atoms with Gasteiger partial charge in [0.25, 0.3) is 0 Å². The molecule has 3 nitrogen and oxygen atoms in total. The van der Waals surface area contributed by atoms with Crippen molar-refractivity contribution < 1.29 is 10.2 Å². The summed E-state index contributed by atoms with van der Waals surface area (Å²) in [4.78, 5) is 0. The van der Waals surface area contributed by atoms with E-state index < -0.39 is 6.10 Å². The summed E-state index contributed by atoms with van der Waals surface area (Å²) in [7, 11) is 0. The molecule has 0 fully saturated rings. The van der Waals surface area contributed by atoms with Crippen molar-refractivity contribution in [3.05, 3.63) is 23.8 Å². The van der Waals surface area contributed by atoms with Crippen LogP contribution in [-0.4, -0.2) is 10.2 Å². The first-order valence-electron chi connectivity index (χ1n) is 4.29. The van der Waals surface area contributed by atoms with Crippen molar-refractivity contribution >= 4 is 5.69 Å². The van der Waals surface area contributed by atoms with Gasteiger partial charge in [-0.2, -0.15) is 0 Å². The Balaban J connectivity index is 3.05. The van der Waals surface area contributed by atoms with Gasteiger partial charge < -0.3 is 15.9 Å². The van der Waals surface area contributed by atoms with E-state index in [-0.39, 0.29) is 11.7 Å². The maximum absolute atomic E-state index is 9.71. The summed E-state index contributed by atoms with van der Waals surface area (Å²) in [5, 5.41) is 18.9. The van der Waals surface area contributed by atoms with Crippen molar-refractivity contribution in [3.8, 4) is 5.75 Å². The number of hydrogen-bond acceptors (Lipinski definition) is 3. The molecule has 0 aliphatic rings. The second-order valence-corrected chi connectivity index (χ2v) is 3.50. The molecule has 0 spiro atoms. The number of hydrogen-bond donors (Lipinski definition) is 3. The Morgan fingerprint density at radius 3 is 2.46 bits per heavy atom. The normalized spacial score (nSPS) is 13.2. The maximum atomic E-state index is 9.71. The molecule has 0 saturated heterocycles. The fourth-order valence-corrected chi connectivity index (χ4v) is 1.18.